The third-order valence-corrected chi connectivity index (χ3v) is 14.3. The van der Waals surface area contributed by atoms with Crippen LogP contribution in [0, 0.1) is 33.1 Å². The second-order valence-corrected chi connectivity index (χ2v) is 19.7. The van der Waals surface area contributed by atoms with E-state index in [0.29, 0.717) is 23.0 Å². The summed E-state index contributed by atoms with van der Waals surface area (Å²) < 4.78 is 8.57. The van der Waals surface area contributed by atoms with Crippen LogP contribution in [0.5, 0.6) is 0 Å². The Morgan fingerprint density at radius 3 is 2.32 bits per heavy atom. The summed E-state index contributed by atoms with van der Waals surface area (Å²) in [6.45, 7) is 15.3. The molecule has 0 saturated carbocycles. The lowest BCUT2D eigenvalue weighted by Crippen LogP contribution is -2.57. The minimum absolute atomic E-state index is 0.0109. The molecule has 5 atom stereocenters. The number of thiophene rings is 1. The fourth-order valence-electron chi connectivity index (χ4n) is 8.35. The van der Waals surface area contributed by atoms with Crippen LogP contribution >= 0.6 is 22.7 Å². The second-order valence-electron chi connectivity index (χ2n) is 17.7. The number of fused-ring (bicyclic) bond motifs is 3. The van der Waals surface area contributed by atoms with E-state index in [4.69, 9.17) is 9.73 Å². The fraction of sp³-hybridized carbons (Fsp3) is 0.383. The predicted octanol–water partition coefficient (Wildman–Crippen LogP) is 6.31. The minimum Gasteiger partial charge on any atom is -0.469 e. The summed E-state index contributed by atoms with van der Waals surface area (Å²) >= 11 is 3.19. The summed E-state index contributed by atoms with van der Waals surface area (Å²) in [6, 6.07) is 14.1. The molecular formula is C47H52N10O6S2. The zero-order chi connectivity index (χ0) is 46.5. The van der Waals surface area contributed by atoms with Gasteiger partial charge >= 0.3 is 5.97 Å². The Bertz CT molecular complexity index is 2810. The molecule has 4 unspecified atom stereocenters. The Kier molecular flexibility index (Phi) is 12.4. The lowest BCUT2D eigenvalue weighted by atomic mass is 9.85. The number of carbonyl (C=O) groups is 4. The fourth-order valence-corrected chi connectivity index (χ4v) is 10.4. The molecule has 1 saturated heterocycles. The van der Waals surface area contributed by atoms with Gasteiger partial charge in [0.15, 0.2) is 11.5 Å². The van der Waals surface area contributed by atoms with E-state index in [9.17, 15) is 24.3 Å². The average Bonchev–Trinajstić information content (AvgIpc) is 4.12. The summed E-state index contributed by atoms with van der Waals surface area (Å²) in [6.07, 6.45) is 0.813. The number of esters is 1. The van der Waals surface area contributed by atoms with Crippen LogP contribution in [0.1, 0.15) is 108 Å². The smallest absolute Gasteiger partial charge is 0.308 e. The molecule has 18 heteroatoms. The highest BCUT2D eigenvalue weighted by Gasteiger charge is 2.45. The van der Waals surface area contributed by atoms with Crippen LogP contribution in [0.25, 0.3) is 21.1 Å². The van der Waals surface area contributed by atoms with Crippen LogP contribution in [0.3, 0.4) is 0 Å². The number of methoxy groups -OCH3 is 1. The van der Waals surface area contributed by atoms with Crippen molar-refractivity contribution in [2.45, 2.75) is 98.5 Å². The maximum atomic E-state index is 14.4. The molecule has 6 heterocycles. The highest BCUT2D eigenvalue weighted by molar-refractivity contribution is 7.15. The molecular weight excluding hydrogens is 865 g/mol. The van der Waals surface area contributed by atoms with Crippen LogP contribution in [0.2, 0.25) is 0 Å². The number of ether oxygens (including phenoxy) is 1. The number of aliphatic hydroxyl groups is 1. The molecule has 6 aromatic rings. The van der Waals surface area contributed by atoms with Gasteiger partial charge in [-0.05, 0) is 74.9 Å². The van der Waals surface area contributed by atoms with Crippen molar-refractivity contribution in [2.75, 3.05) is 13.7 Å². The molecule has 16 nitrogen and oxygen atoms in total. The Labute approximate surface area is 384 Å². The number of carbonyl (C=O) groups excluding carboxylic acids is 4. The second kappa shape index (κ2) is 17.9. The topological polar surface area (TPSA) is 199 Å². The van der Waals surface area contributed by atoms with Gasteiger partial charge in [-0.25, -0.2) is 9.67 Å². The molecule has 4 aromatic heterocycles. The third-order valence-electron chi connectivity index (χ3n) is 12.1. The van der Waals surface area contributed by atoms with E-state index in [0.717, 1.165) is 48.3 Å². The van der Waals surface area contributed by atoms with Crippen LogP contribution in [0.15, 0.2) is 71.3 Å². The molecule has 2 aromatic carbocycles. The Morgan fingerprint density at radius 2 is 1.66 bits per heavy atom. The highest BCUT2D eigenvalue weighted by atomic mass is 32.1. The molecule has 0 bridgehead atoms. The molecule has 65 heavy (non-hydrogen) atoms. The molecule has 338 valence electrons. The van der Waals surface area contributed by atoms with Gasteiger partial charge in [-0.3, -0.25) is 28.7 Å². The van der Waals surface area contributed by atoms with E-state index >= 15 is 0 Å². The molecule has 0 aliphatic carbocycles. The van der Waals surface area contributed by atoms with Crippen LogP contribution in [0.4, 0.5) is 0 Å². The van der Waals surface area contributed by atoms with Crippen LogP contribution in [-0.2, 0) is 19.1 Å². The van der Waals surface area contributed by atoms with E-state index in [1.807, 2.05) is 100 Å². The van der Waals surface area contributed by atoms with E-state index in [1.165, 1.54) is 12.0 Å². The first kappa shape index (κ1) is 45.2. The molecule has 8 rings (SSSR count). The molecule has 3 N–H and O–H groups in total. The first-order valence-electron chi connectivity index (χ1n) is 21.4. The number of nitrogens with zero attached hydrogens (tertiary/aromatic N) is 8. The average molecular weight is 917 g/mol. The number of likely N-dealkylation sites (tertiary alicyclic amines) is 1. The number of aliphatic hydroxyl groups excluding tert-OH is 1. The number of β-amino-alcohol motifs (C(OH)–C–C–N with tert-alkyl or cyclic N) is 1. The number of rotatable bonds is 11. The summed E-state index contributed by atoms with van der Waals surface area (Å²) in [4.78, 5) is 67.7. The van der Waals surface area contributed by atoms with Gasteiger partial charge in [-0.15, -0.1) is 32.9 Å². The van der Waals surface area contributed by atoms with Crippen molar-refractivity contribution in [3.8, 4) is 21.1 Å². The number of nitrogens with one attached hydrogen (secondary N) is 2. The zero-order valence-electron chi connectivity index (χ0n) is 37.7. The van der Waals surface area contributed by atoms with E-state index in [-0.39, 0.29) is 37.0 Å². The SMILES string of the molecule is COC(=O)CC1N=C(c2ccc(-n3ccc(C(=O)NC(C(=O)N4C[C@H](O)CC4C(=O)NC(C)c4ccc(-c5scnc5C)cc4)C(C)(C)C)n3)cc2)c2c(sc(C)c2C)-n2c(C)nnc21. The maximum Gasteiger partial charge on any atom is 0.308 e. The van der Waals surface area contributed by atoms with Gasteiger partial charge in [0.2, 0.25) is 11.8 Å². The van der Waals surface area contributed by atoms with Crippen LogP contribution < -0.4 is 10.6 Å². The lowest BCUT2D eigenvalue weighted by Gasteiger charge is -2.35. The van der Waals surface area contributed by atoms with Crippen molar-refractivity contribution in [1.82, 2.24) is 45.1 Å². The van der Waals surface area contributed by atoms with Gasteiger partial charge in [0, 0.05) is 35.2 Å². The number of hydrogen-bond acceptors (Lipinski definition) is 13. The summed E-state index contributed by atoms with van der Waals surface area (Å²) in [5, 5.41) is 31.0. The van der Waals surface area contributed by atoms with Crippen molar-refractivity contribution >= 4 is 52.1 Å². The summed E-state index contributed by atoms with van der Waals surface area (Å²) in [7, 11) is 1.35. The van der Waals surface area contributed by atoms with E-state index in [1.54, 1.807) is 39.6 Å². The summed E-state index contributed by atoms with van der Waals surface area (Å²) in [5.41, 5.74) is 8.20. The molecule has 0 radical (unpaired) electrons. The number of amides is 3. The van der Waals surface area contributed by atoms with E-state index in [2.05, 4.69) is 44.8 Å². The summed E-state index contributed by atoms with van der Waals surface area (Å²) in [5.74, 6) is -0.589. The molecule has 0 spiro atoms. The number of thiazole rings is 1. The Hall–Kier alpha value is -6.37. The number of aryl methyl sites for hydroxylation is 3. The first-order valence-corrected chi connectivity index (χ1v) is 23.1. The van der Waals surface area contributed by atoms with Crippen molar-refractivity contribution in [3.05, 3.63) is 116 Å². The van der Waals surface area contributed by atoms with Crippen molar-refractivity contribution in [2.24, 2.45) is 10.4 Å². The Morgan fingerprint density at radius 1 is 0.954 bits per heavy atom. The molecule has 2 aliphatic rings. The van der Waals surface area contributed by atoms with Gasteiger partial charge < -0.3 is 25.4 Å². The number of benzene rings is 2. The van der Waals surface area contributed by atoms with Gasteiger partial charge in [-0.2, -0.15) is 5.10 Å². The van der Waals surface area contributed by atoms with Gasteiger partial charge in [0.25, 0.3) is 5.91 Å². The normalized spacial score (nSPS) is 18.0. The maximum absolute atomic E-state index is 14.4. The number of aliphatic imine (C=N–C) groups is 1. The van der Waals surface area contributed by atoms with Crippen LogP contribution in [-0.4, -0.2) is 101 Å². The quantitative estimate of drug-likeness (QED) is 0.124. The number of aromatic nitrogens is 6. The highest BCUT2D eigenvalue weighted by Crippen LogP contribution is 2.40. The largest absolute Gasteiger partial charge is 0.469 e. The van der Waals surface area contributed by atoms with Gasteiger partial charge in [-0.1, -0.05) is 57.2 Å². The molecule has 1 fully saturated rings. The Balaban J connectivity index is 0.978. The standard InChI is InChI=1S/C47H52N10O6S2/c1-24-27(4)65-46-38(24)39(50-35(21-37(59)63-9)42-53-52-28(5)57(42)46)30-14-16-32(17-15-30)56-19-18-34(54-56)43(60)51-41(47(6,7)8)45(62)55-22-33(58)20-36(55)44(61)49-25(2)29-10-12-31(13-11-29)40-26(3)48-23-64-40/h10-19,23,25,33,35-36,41,58H,20-22H2,1-9H3,(H,49,61)(H,51,60)/t25?,33-,35?,36?,41?/m1/s1. The molecule has 2 aliphatic heterocycles. The van der Waals surface area contributed by atoms with E-state index < -0.39 is 47.4 Å². The van der Waals surface area contributed by atoms with Gasteiger partial charge in [0.05, 0.1) is 53.2 Å². The molecule has 3 amide bonds. The third kappa shape index (κ3) is 8.89. The van der Waals surface area contributed by atoms with Crippen molar-refractivity contribution in [3.63, 3.8) is 0 Å². The minimum atomic E-state index is -1.05. The zero-order valence-corrected chi connectivity index (χ0v) is 39.4. The monoisotopic (exact) mass is 916 g/mol. The predicted molar refractivity (Wildman–Crippen MR) is 248 cm³/mol. The van der Waals surface area contributed by atoms with Gasteiger partial charge in [0.1, 0.15) is 29.0 Å². The first-order chi connectivity index (χ1) is 30.9. The number of hydrogen-bond donors (Lipinski definition) is 3. The lowest BCUT2D eigenvalue weighted by molar-refractivity contribution is -0.142. The van der Waals surface area contributed by atoms with Crippen molar-refractivity contribution in [1.29, 1.82) is 0 Å². The van der Waals surface area contributed by atoms with Crippen molar-refractivity contribution < 1.29 is 29.0 Å².